The molecular formula is C15H21N5. The van der Waals surface area contributed by atoms with Crippen LogP contribution in [0.2, 0.25) is 0 Å². The Morgan fingerprint density at radius 1 is 1.35 bits per heavy atom. The standard InChI is InChI=1S/C15H21N5/c1-10-5-4-6-12(16)13(10)14-17-18-19-20(14)11-7-8-15(2,3)9-11/h4-6,11H,7-9,16H2,1-3H3. The van der Waals surface area contributed by atoms with E-state index in [2.05, 4.69) is 29.4 Å². The molecule has 1 aliphatic rings. The maximum atomic E-state index is 6.12. The molecule has 0 amide bonds. The molecule has 0 saturated heterocycles. The first-order valence-corrected chi connectivity index (χ1v) is 7.11. The summed E-state index contributed by atoms with van der Waals surface area (Å²) in [6.45, 7) is 6.65. The molecule has 1 atom stereocenters. The normalized spacial score (nSPS) is 21.2. The van der Waals surface area contributed by atoms with Crippen LogP contribution < -0.4 is 5.73 Å². The maximum Gasteiger partial charge on any atom is 0.184 e. The van der Waals surface area contributed by atoms with Crippen LogP contribution in [0.15, 0.2) is 18.2 Å². The van der Waals surface area contributed by atoms with Crippen LogP contribution in [0.1, 0.15) is 44.7 Å². The van der Waals surface area contributed by atoms with E-state index in [-0.39, 0.29) is 0 Å². The topological polar surface area (TPSA) is 69.6 Å². The van der Waals surface area contributed by atoms with E-state index in [0.717, 1.165) is 35.5 Å². The van der Waals surface area contributed by atoms with Crippen molar-refractivity contribution < 1.29 is 0 Å². The van der Waals surface area contributed by atoms with Gasteiger partial charge in [-0.15, -0.1) is 5.10 Å². The monoisotopic (exact) mass is 271 g/mol. The van der Waals surface area contributed by atoms with E-state index in [9.17, 15) is 0 Å². The van der Waals surface area contributed by atoms with Crippen LogP contribution in [-0.4, -0.2) is 20.2 Å². The van der Waals surface area contributed by atoms with Gasteiger partial charge in [0.2, 0.25) is 0 Å². The molecule has 1 aromatic heterocycles. The lowest BCUT2D eigenvalue weighted by atomic mass is 9.92. The van der Waals surface area contributed by atoms with Crippen molar-refractivity contribution in [3.05, 3.63) is 23.8 Å². The lowest BCUT2D eigenvalue weighted by Crippen LogP contribution is -2.12. The minimum Gasteiger partial charge on any atom is -0.398 e. The fourth-order valence-electron chi connectivity index (χ4n) is 3.21. The van der Waals surface area contributed by atoms with Crippen LogP contribution in [0.3, 0.4) is 0 Å². The zero-order valence-corrected chi connectivity index (χ0v) is 12.3. The molecule has 1 heterocycles. The van der Waals surface area contributed by atoms with E-state index >= 15 is 0 Å². The molecule has 5 nitrogen and oxygen atoms in total. The SMILES string of the molecule is Cc1cccc(N)c1-c1nnnn1C1CCC(C)(C)C1. The molecule has 0 bridgehead atoms. The highest BCUT2D eigenvalue weighted by atomic mass is 15.5. The molecule has 2 aromatic rings. The molecule has 1 fully saturated rings. The first-order chi connectivity index (χ1) is 9.48. The Bertz CT molecular complexity index is 609. The number of hydrogen-bond donors (Lipinski definition) is 1. The number of aryl methyl sites for hydroxylation is 1. The summed E-state index contributed by atoms with van der Waals surface area (Å²) in [5, 5.41) is 12.3. The molecule has 3 rings (SSSR count). The van der Waals surface area contributed by atoms with Gasteiger partial charge in [0.1, 0.15) is 0 Å². The van der Waals surface area contributed by atoms with Gasteiger partial charge >= 0.3 is 0 Å². The molecule has 1 saturated carbocycles. The van der Waals surface area contributed by atoms with Gasteiger partial charge < -0.3 is 5.73 Å². The third-order valence-electron chi connectivity index (χ3n) is 4.31. The van der Waals surface area contributed by atoms with Gasteiger partial charge in [0, 0.05) is 11.3 Å². The third kappa shape index (κ3) is 2.17. The van der Waals surface area contributed by atoms with E-state index in [1.807, 2.05) is 29.8 Å². The van der Waals surface area contributed by atoms with Crippen LogP contribution in [0.25, 0.3) is 11.4 Å². The second-order valence-corrected chi connectivity index (χ2v) is 6.55. The highest BCUT2D eigenvalue weighted by molar-refractivity contribution is 5.74. The molecule has 0 spiro atoms. The largest absolute Gasteiger partial charge is 0.398 e. The second kappa shape index (κ2) is 4.58. The summed E-state index contributed by atoms with van der Waals surface area (Å²) in [6, 6.07) is 6.28. The van der Waals surface area contributed by atoms with Crippen molar-refractivity contribution in [2.75, 3.05) is 5.73 Å². The summed E-state index contributed by atoms with van der Waals surface area (Å²) in [5.41, 5.74) is 9.30. The molecule has 2 N–H and O–H groups in total. The fraction of sp³-hybridized carbons (Fsp3) is 0.533. The molecule has 20 heavy (non-hydrogen) atoms. The zero-order chi connectivity index (χ0) is 14.3. The van der Waals surface area contributed by atoms with Crippen LogP contribution in [-0.2, 0) is 0 Å². The predicted molar refractivity (Wildman–Crippen MR) is 79.1 cm³/mol. The molecule has 1 aliphatic carbocycles. The Morgan fingerprint density at radius 2 is 2.15 bits per heavy atom. The van der Waals surface area contributed by atoms with Crippen molar-refractivity contribution in [2.45, 2.75) is 46.1 Å². The summed E-state index contributed by atoms with van der Waals surface area (Å²) >= 11 is 0. The average Bonchev–Trinajstić information content (AvgIpc) is 2.95. The second-order valence-electron chi connectivity index (χ2n) is 6.55. The summed E-state index contributed by atoms with van der Waals surface area (Å²) < 4.78 is 1.97. The van der Waals surface area contributed by atoms with Crippen molar-refractivity contribution in [2.24, 2.45) is 5.41 Å². The highest BCUT2D eigenvalue weighted by Crippen LogP contribution is 2.44. The predicted octanol–water partition coefficient (Wildman–Crippen LogP) is 2.98. The Hall–Kier alpha value is -1.91. The van der Waals surface area contributed by atoms with E-state index in [0.29, 0.717) is 11.5 Å². The van der Waals surface area contributed by atoms with Gasteiger partial charge in [-0.3, -0.25) is 0 Å². The maximum absolute atomic E-state index is 6.12. The van der Waals surface area contributed by atoms with Gasteiger partial charge in [0.05, 0.1) is 6.04 Å². The minimum atomic E-state index is 0.366. The van der Waals surface area contributed by atoms with Crippen molar-refractivity contribution in [3.8, 4) is 11.4 Å². The van der Waals surface area contributed by atoms with E-state index in [1.54, 1.807) is 0 Å². The number of hydrogen-bond acceptors (Lipinski definition) is 4. The van der Waals surface area contributed by atoms with Crippen LogP contribution in [0, 0.1) is 12.3 Å². The van der Waals surface area contributed by atoms with Gasteiger partial charge in [-0.1, -0.05) is 26.0 Å². The van der Waals surface area contributed by atoms with Crippen molar-refractivity contribution in [3.63, 3.8) is 0 Å². The summed E-state index contributed by atoms with van der Waals surface area (Å²) in [6.07, 6.45) is 3.44. The van der Waals surface area contributed by atoms with Crippen molar-refractivity contribution in [1.29, 1.82) is 0 Å². The Balaban J connectivity index is 2.03. The minimum absolute atomic E-state index is 0.366. The van der Waals surface area contributed by atoms with Gasteiger partial charge in [0.15, 0.2) is 5.82 Å². The quantitative estimate of drug-likeness (QED) is 0.852. The lowest BCUT2D eigenvalue weighted by molar-refractivity contribution is 0.349. The number of benzene rings is 1. The number of nitrogens with two attached hydrogens (primary N) is 1. The van der Waals surface area contributed by atoms with Gasteiger partial charge in [-0.25, -0.2) is 4.68 Å². The van der Waals surface area contributed by atoms with Gasteiger partial charge in [-0.2, -0.15) is 0 Å². The van der Waals surface area contributed by atoms with Crippen LogP contribution in [0.4, 0.5) is 5.69 Å². The lowest BCUT2D eigenvalue weighted by Gasteiger charge is -2.18. The van der Waals surface area contributed by atoms with Gasteiger partial charge in [0.25, 0.3) is 0 Å². The Labute approximate surface area is 119 Å². The first kappa shape index (κ1) is 13.1. The molecule has 0 aliphatic heterocycles. The number of anilines is 1. The number of rotatable bonds is 2. The number of aromatic nitrogens is 4. The number of nitrogen functional groups attached to an aromatic ring is 1. The number of tetrazole rings is 1. The van der Waals surface area contributed by atoms with E-state index in [4.69, 9.17) is 5.73 Å². The Kier molecular flexibility index (Phi) is 3.00. The summed E-state index contributed by atoms with van der Waals surface area (Å²) in [4.78, 5) is 0. The van der Waals surface area contributed by atoms with Gasteiger partial charge in [-0.05, 0) is 53.7 Å². The molecule has 5 heteroatoms. The third-order valence-corrected chi connectivity index (χ3v) is 4.31. The van der Waals surface area contributed by atoms with Crippen LogP contribution in [0.5, 0.6) is 0 Å². The Morgan fingerprint density at radius 3 is 2.80 bits per heavy atom. The first-order valence-electron chi connectivity index (χ1n) is 7.11. The summed E-state index contributed by atoms with van der Waals surface area (Å²) in [7, 11) is 0. The fourth-order valence-corrected chi connectivity index (χ4v) is 3.21. The van der Waals surface area contributed by atoms with Crippen molar-refractivity contribution in [1.82, 2.24) is 20.2 Å². The van der Waals surface area contributed by atoms with Crippen molar-refractivity contribution >= 4 is 5.69 Å². The van der Waals surface area contributed by atoms with E-state index < -0.39 is 0 Å². The molecular weight excluding hydrogens is 250 g/mol. The number of nitrogens with zero attached hydrogens (tertiary/aromatic N) is 4. The molecule has 1 unspecified atom stereocenters. The molecule has 0 radical (unpaired) electrons. The van der Waals surface area contributed by atoms with Crippen LogP contribution >= 0.6 is 0 Å². The summed E-state index contributed by atoms with van der Waals surface area (Å²) in [5.74, 6) is 0.795. The molecule has 106 valence electrons. The molecule has 1 aromatic carbocycles. The average molecular weight is 271 g/mol. The van der Waals surface area contributed by atoms with E-state index in [1.165, 1.54) is 6.42 Å². The smallest absolute Gasteiger partial charge is 0.184 e. The zero-order valence-electron chi connectivity index (χ0n) is 12.3. The highest BCUT2D eigenvalue weighted by Gasteiger charge is 2.34.